The number of methoxy groups -OCH3 is 1. The van der Waals surface area contributed by atoms with Gasteiger partial charge in [-0.1, -0.05) is 11.6 Å². The number of hydrogen-bond acceptors (Lipinski definition) is 2. The number of nitrogens with one attached hydrogen (secondary N) is 1. The molecule has 4 heteroatoms. The molecule has 0 aliphatic carbocycles. The van der Waals surface area contributed by atoms with E-state index in [1.165, 1.54) is 0 Å². The Balaban J connectivity index is 2.59. The van der Waals surface area contributed by atoms with E-state index in [1.54, 1.807) is 7.11 Å². The number of halogens is 2. The predicted molar refractivity (Wildman–Crippen MR) is 68.7 cm³/mol. The van der Waals surface area contributed by atoms with Gasteiger partial charge in [-0.15, -0.1) is 0 Å². The van der Waals surface area contributed by atoms with Crippen molar-refractivity contribution < 1.29 is 4.74 Å². The monoisotopic (exact) mass is 291 g/mol. The molecular formula is C11H15BrClNO. The van der Waals surface area contributed by atoms with Crippen molar-refractivity contribution in [2.45, 2.75) is 19.4 Å². The van der Waals surface area contributed by atoms with Gasteiger partial charge in [-0.2, -0.15) is 0 Å². The first-order valence-electron chi connectivity index (χ1n) is 4.84. The lowest BCUT2D eigenvalue weighted by atomic mass is 10.2. The van der Waals surface area contributed by atoms with E-state index in [4.69, 9.17) is 16.3 Å². The summed E-state index contributed by atoms with van der Waals surface area (Å²) in [6, 6.07) is 6.07. The summed E-state index contributed by atoms with van der Waals surface area (Å²) in [4.78, 5) is 0. The Kier molecular flexibility index (Phi) is 5.43. The number of anilines is 1. The molecule has 0 heterocycles. The Morgan fingerprint density at radius 2 is 2.27 bits per heavy atom. The molecule has 0 aromatic heterocycles. The van der Waals surface area contributed by atoms with E-state index in [9.17, 15) is 0 Å². The molecule has 84 valence electrons. The van der Waals surface area contributed by atoms with Crippen molar-refractivity contribution in [3.8, 4) is 0 Å². The minimum atomic E-state index is 0.361. The van der Waals surface area contributed by atoms with Crippen LogP contribution in [0.5, 0.6) is 0 Å². The Morgan fingerprint density at radius 1 is 1.53 bits per heavy atom. The van der Waals surface area contributed by atoms with Gasteiger partial charge in [-0.05, 0) is 47.5 Å². The van der Waals surface area contributed by atoms with E-state index in [-0.39, 0.29) is 0 Å². The van der Waals surface area contributed by atoms with Crippen LogP contribution in [0, 0.1) is 0 Å². The van der Waals surface area contributed by atoms with Gasteiger partial charge in [-0.3, -0.25) is 0 Å². The van der Waals surface area contributed by atoms with Crippen LogP contribution in [0.15, 0.2) is 22.7 Å². The van der Waals surface area contributed by atoms with Crippen LogP contribution >= 0.6 is 27.5 Å². The standard InChI is InChI=1S/C11H15BrClNO/c1-8(5-6-15-2)14-11-7-9(13)3-4-10(11)12/h3-4,7-8,14H,5-6H2,1-2H3. The summed E-state index contributed by atoms with van der Waals surface area (Å²) in [5.41, 5.74) is 1.02. The molecule has 15 heavy (non-hydrogen) atoms. The van der Waals surface area contributed by atoms with Crippen molar-refractivity contribution in [3.63, 3.8) is 0 Å². The number of rotatable bonds is 5. The Morgan fingerprint density at radius 3 is 2.93 bits per heavy atom. The molecule has 0 amide bonds. The maximum Gasteiger partial charge on any atom is 0.0501 e. The van der Waals surface area contributed by atoms with Gasteiger partial charge in [0.2, 0.25) is 0 Å². The molecule has 0 saturated carbocycles. The fraction of sp³-hybridized carbons (Fsp3) is 0.455. The van der Waals surface area contributed by atoms with Crippen LogP contribution in [0.3, 0.4) is 0 Å². The minimum absolute atomic E-state index is 0.361. The normalized spacial score (nSPS) is 12.5. The zero-order valence-corrected chi connectivity index (χ0v) is 11.2. The summed E-state index contributed by atoms with van der Waals surface area (Å²) in [6.07, 6.45) is 0.968. The SMILES string of the molecule is COCCC(C)Nc1cc(Cl)ccc1Br. The van der Waals surface area contributed by atoms with Crippen LogP contribution in [0.1, 0.15) is 13.3 Å². The molecular weight excluding hydrogens is 277 g/mol. The molecule has 1 atom stereocenters. The summed E-state index contributed by atoms with van der Waals surface area (Å²) in [5, 5.41) is 4.11. The van der Waals surface area contributed by atoms with Gasteiger partial charge in [0.25, 0.3) is 0 Å². The molecule has 0 spiro atoms. The summed E-state index contributed by atoms with van der Waals surface area (Å²) in [6.45, 7) is 2.87. The van der Waals surface area contributed by atoms with Gasteiger partial charge in [0.1, 0.15) is 0 Å². The van der Waals surface area contributed by atoms with Crippen LogP contribution < -0.4 is 5.32 Å². The average molecular weight is 293 g/mol. The Bertz CT molecular complexity index is 319. The van der Waals surface area contributed by atoms with E-state index < -0.39 is 0 Å². The van der Waals surface area contributed by atoms with Crippen molar-refractivity contribution in [1.29, 1.82) is 0 Å². The smallest absolute Gasteiger partial charge is 0.0501 e. The third-order valence-corrected chi connectivity index (χ3v) is 3.01. The summed E-state index contributed by atoms with van der Waals surface area (Å²) in [5.74, 6) is 0. The number of ether oxygens (including phenoxy) is 1. The van der Waals surface area contributed by atoms with Crippen LogP contribution in [0.25, 0.3) is 0 Å². The van der Waals surface area contributed by atoms with Gasteiger partial charge in [0, 0.05) is 29.3 Å². The lowest BCUT2D eigenvalue weighted by Gasteiger charge is -2.16. The molecule has 1 aromatic rings. The second-order valence-corrected chi connectivity index (χ2v) is 4.74. The number of benzene rings is 1. The maximum atomic E-state index is 5.92. The highest BCUT2D eigenvalue weighted by atomic mass is 79.9. The molecule has 1 N–H and O–H groups in total. The largest absolute Gasteiger partial charge is 0.385 e. The molecule has 0 aliphatic heterocycles. The molecule has 1 rings (SSSR count). The molecule has 0 aliphatic rings. The Labute approximate surface area is 104 Å². The minimum Gasteiger partial charge on any atom is -0.385 e. The number of hydrogen-bond donors (Lipinski definition) is 1. The molecule has 0 radical (unpaired) electrons. The van der Waals surface area contributed by atoms with Crippen LogP contribution in [0.2, 0.25) is 5.02 Å². The van der Waals surface area contributed by atoms with E-state index in [1.807, 2.05) is 18.2 Å². The van der Waals surface area contributed by atoms with Crippen molar-refractivity contribution in [1.82, 2.24) is 0 Å². The third-order valence-electron chi connectivity index (χ3n) is 2.09. The molecule has 1 aromatic carbocycles. The van der Waals surface area contributed by atoms with E-state index in [2.05, 4.69) is 28.2 Å². The molecule has 1 unspecified atom stereocenters. The van der Waals surface area contributed by atoms with Crippen molar-refractivity contribution in [2.75, 3.05) is 19.0 Å². The lowest BCUT2D eigenvalue weighted by Crippen LogP contribution is -2.17. The second kappa shape index (κ2) is 6.36. The van der Waals surface area contributed by atoms with Gasteiger partial charge >= 0.3 is 0 Å². The second-order valence-electron chi connectivity index (χ2n) is 3.45. The third kappa shape index (κ3) is 4.41. The zero-order chi connectivity index (χ0) is 11.3. The highest BCUT2D eigenvalue weighted by Crippen LogP contribution is 2.26. The van der Waals surface area contributed by atoms with Gasteiger partial charge in [-0.25, -0.2) is 0 Å². The molecule has 2 nitrogen and oxygen atoms in total. The van der Waals surface area contributed by atoms with Crippen LogP contribution in [-0.4, -0.2) is 19.8 Å². The predicted octanol–water partition coefficient (Wildman–Crippen LogP) is 3.94. The lowest BCUT2D eigenvalue weighted by molar-refractivity contribution is 0.191. The molecule has 0 saturated heterocycles. The highest BCUT2D eigenvalue weighted by molar-refractivity contribution is 9.10. The topological polar surface area (TPSA) is 21.3 Å². The zero-order valence-electron chi connectivity index (χ0n) is 8.89. The fourth-order valence-corrected chi connectivity index (χ4v) is 1.77. The van der Waals surface area contributed by atoms with Crippen molar-refractivity contribution in [3.05, 3.63) is 27.7 Å². The highest BCUT2D eigenvalue weighted by Gasteiger charge is 2.05. The summed E-state index contributed by atoms with van der Waals surface area (Å²) >= 11 is 9.39. The first-order chi connectivity index (χ1) is 7.13. The first kappa shape index (κ1) is 12.8. The van der Waals surface area contributed by atoms with E-state index in [0.29, 0.717) is 6.04 Å². The van der Waals surface area contributed by atoms with Crippen molar-refractivity contribution >= 4 is 33.2 Å². The van der Waals surface area contributed by atoms with Gasteiger partial charge in [0.15, 0.2) is 0 Å². The van der Waals surface area contributed by atoms with Crippen LogP contribution in [-0.2, 0) is 4.74 Å². The van der Waals surface area contributed by atoms with E-state index in [0.717, 1.165) is 28.2 Å². The van der Waals surface area contributed by atoms with Crippen LogP contribution in [0.4, 0.5) is 5.69 Å². The quantitative estimate of drug-likeness (QED) is 0.887. The Hall–Kier alpha value is -0.250. The first-order valence-corrected chi connectivity index (χ1v) is 6.01. The summed E-state index contributed by atoms with van der Waals surface area (Å²) in [7, 11) is 1.71. The fourth-order valence-electron chi connectivity index (χ4n) is 1.24. The van der Waals surface area contributed by atoms with Crippen molar-refractivity contribution in [2.24, 2.45) is 0 Å². The van der Waals surface area contributed by atoms with Gasteiger partial charge < -0.3 is 10.1 Å². The molecule has 0 bridgehead atoms. The average Bonchev–Trinajstić information content (AvgIpc) is 2.20. The van der Waals surface area contributed by atoms with Gasteiger partial charge in [0.05, 0.1) is 5.69 Å². The maximum absolute atomic E-state index is 5.92. The van der Waals surface area contributed by atoms with E-state index >= 15 is 0 Å². The summed E-state index contributed by atoms with van der Waals surface area (Å²) < 4.78 is 6.05. The molecule has 0 fully saturated rings.